The van der Waals surface area contributed by atoms with Crippen LogP contribution < -0.4 is 15.2 Å². The summed E-state index contributed by atoms with van der Waals surface area (Å²) in [5.41, 5.74) is 7.19. The molecule has 0 spiro atoms. The fourth-order valence-corrected chi connectivity index (χ4v) is 3.47. The van der Waals surface area contributed by atoms with Crippen LogP contribution in [0.4, 0.5) is 0 Å². The van der Waals surface area contributed by atoms with Gasteiger partial charge in [0, 0.05) is 23.6 Å². The van der Waals surface area contributed by atoms with Crippen molar-refractivity contribution >= 4 is 15.9 Å². The van der Waals surface area contributed by atoms with E-state index < -0.39 is 0 Å². The van der Waals surface area contributed by atoms with E-state index in [4.69, 9.17) is 15.2 Å². The van der Waals surface area contributed by atoms with Crippen LogP contribution in [0.15, 0.2) is 16.6 Å². The Labute approximate surface area is 135 Å². The van der Waals surface area contributed by atoms with E-state index in [1.54, 1.807) is 14.2 Å². The number of ether oxygens (including phenoxy) is 2. The molecule has 2 N–H and O–H groups in total. The maximum absolute atomic E-state index is 6.04. The van der Waals surface area contributed by atoms with Crippen LogP contribution in [-0.2, 0) is 0 Å². The second kappa shape index (κ2) is 7.47. The maximum Gasteiger partial charge on any atom is 0.161 e. The van der Waals surface area contributed by atoms with Crippen LogP contribution in [0.25, 0.3) is 0 Å². The number of benzene rings is 1. The third-order valence-electron chi connectivity index (χ3n) is 4.39. The Hall–Kier alpha value is -0.780. The minimum atomic E-state index is 0.180. The molecule has 4 nitrogen and oxygen atoms in total. The van der Waals surface area contributed by atoms with Gasteiger partial charge in [-0.1, -0.05) is 22.4 Å². The molecule has 0 radical (unpaired) electrons. The second-order valence-electron chi connectivity index (χ2n) is 5.72. The topological polar surface area (TPSA) is 47.7 Å². The molecular formula is C16H25BrN2O2. The van der Waals surface area contributed by atoms with Gasteiger partial charge in [0.15, 0.2) is 11.5 Å². The van der Waals surface area contributed by atoms with E-state index in [-0.39, 0.29) is 6.04 Å². The maximum atomic E-state index is 6.04. The summed E-state index contributed by atoms with van der Waals surface area (Å²) >= 11 is 3.64. The zero-order valence-electron chi connectivity index (χ0n) is 13.1. The smallest absolute Gasteiger partial charge is 0.161 e. The van der Waals surface area contributed by atoms with Crippen molar-refractivity contribution in [2.75, 3.05) is 34.4 Å². The Bertz CT molecular complexity index is 478. The number of likely N-dealkylation sites (N-methyl/N-ethyl adjacent to an activating group) is 1. The van der Waals surface area contributed by atoms with Crippen molar-refractivity contribution in [2.45, 2.75) is 25.3 Å². The first-order valence-electron chi connectivity index (χ1n) is 7.42. The van der Waals surface area contributed by atoms with Crippen LogP contribution in [0.3, 0.4) is 0 Å². The van der Waals surface area contributed by atoms with Gasteiger partial charge in [-0.05, 0) is 43.5 Å². The van der Waals surface area contributed by atoms with Gasteiger partial charge in [0.25, 0.3) is 0 Å². The van der Waals surface area contributed by atoms with Gasteiger partial charge in [0.05, 0.1) is 14.2 Å². The summed E-state index contributed by atoms with van der Waals surface area (Å²) in [5.74, 6) is 2.29. The van der Waals surface area contributed by atoms with Crippen LogP contribution >= 0.6 is 15.9 Å². The third kappa shape index (κ3) is 3.71. The van der Waals surface area contributed by atoms with Crippen molar-refractivity contribution in [1.82, 2.24) is 4.90 Å². The van der Waals surface area contributed by atoms with Crippen molar-refractivity contribution in [3.8, 4) is 11.5 Å². The summed E-state index contributed by atoms with van der Waals surface area (Å²) in [6, 6.07) is 4.16. The SMILES string of the molecule is COc1cc(Br)c(C(CN)N(C)CC2CCC2)cc1OC. The zero-order valence-corrected chi connectivity index (χ0v) is 14.6. The molecule has 1 aliphatic carbocycles. The molecule has 0 aliphatic heterocycles. The van der Waals surface area contributed by atoms with Crippen molar-refractivity contribution in [3.05, 3.63) is 22.2 Å². The van der Waals surface area contributed by atoms with Gasteiger partial charge in [0.1, 0.15) is 0 Å². The first-order chi connectivity index (χ1) is 10.1. The van der Waals surface area contributed by atoms with E-state index in [2.05, 4.69) is 27.9 Å². The Morgan fingerprint density at radius 1 is 1.29 bits per heavy atom. The summed E-state index contributed by atoms with van der Waals surface area (Å²) in [5, 5.41) is 0. The first kappa shape index (κ1) is 16.6. The monoisotopic (exact) mass is 356 g/mol. The first-order valence-corrected chi connectivity index (χ1v) is 8.21. The lowest BCUT2D eigenvalue weighted by Gasteiger charge is -2.35. The summed E-state index contributed by atoms with van der Waals surface area (Å²) in [6.45, 7) is 1.68. The molecule has 0 aromatic heterocycles. The second-order valence-corrected chi connectivity index (χ2v) is 6.57. The number of halogens is 1. The largest absolute Gasteiger partial charge is 0.493 e. The number of hydrogen-bond donors (Lipinski definition) is 1. The number of methoxy groups -OCH3 is 2. The lowest BCUT2D eigenvalue weighted by molar-refractivity contribution is 0.164. The van der Waals surface area contributed by atoms with Gasteiger partial charge in [-0.2, -0.15) is 0 Å². The average molecular weight is 357 g/mol. The normalized spacial score (nSPS) is 16.7. The molecule has 0 heterocycles. The molecule has 5 heteroatoms. The summed E-state index contributed by atoms with van der Waals surface area (Å²) in [7, 11) is 5.46. The van der Waals surface area contributed by atoms with E-state index in [0.29, 0.717) is 6.54 Å². The van der Waals surface area contributed by atoms with E-state index in [1.807, 2.05) is 12.1 Å². The molecule has 1 atom stereocenters. The summed E-state index contributed by atoms with van der Waals surface area (Å²) < 4.78 is 11.8. The molecule has 1 aromatic carbocycles. The highest BCUT2D eigenvalue weighted by molar-refractivity contribution is 9.10. The van der Waals surface area contributed by atoms with Gasteiger partial charge in [-0.3, -0.25) is 4.90 Å². The quantitative estimate of drug-likeness (QED) is 0.814. The molecule has 1 aliphatic rings. The molecule has 21 heavy (non-hydrogen) atoms. The van der Waals surface area contributed by atoms with Crippen molar-refractivity contribution in [3.63, 3.8) is 0 Å². The van der Waals surface area contributed by atoms with Crippen LogP contribution in [0.5, 0.6) is 11.5 Å². The van der Waals surface area contributed by atoms with Crippen LogP contribution in [0, 0.1) is 5.92 Å². The lowest BCUT2D eigenvalue weighted by atomic mass is 9.84. The van der Waals surface area contributed by atoms with Crippen molar-refractivity contribution in [1.29, 1.82) is 0 Å². The highest BCUT2D eigenvalue weighted by atomic mass is 79.9. The van der Waals surface area contributed by atoms with Gasteiger partial charge in [0.2, 0.25) is 0 Å². The van der Waals surface area contributed by atoms with E-state index in [0.717, 1.165) is 34.0 Å². The third-order valence-corrected chi connectivity index (χ3v) is 5.07. The number of nitrogens with two attached hydrogens (primary N) is 1. The van der Waals surface area contributed by atoms with Crippen LogP contribution in [0.2, 0.25) is 0 Å². The van der Waals surface area contributed by atoms with Gasteiger partial charge in [-0.25, -0.2) is 0 Å². The Morgan fingerprint density at radius 3 is 2.38 bits per heavy atom. The molecule has 1 unspecified atom stereocenters. The predicted octanol–water partition coefficient (Wildman–Crippen LogP) is 3.20. The number of nitrogens with zero attached hydrogens (tertiary/aromatic N) is 1. The molecule has 0 saturated heterocycles. The summed E-state index contributed by atoms with van der Waals surface area (Å²) in [4.78, 5) is 2.36. The van der Waals surface area contributed by atoms with Crippen molar-refractivity contribution in [2.24, 2.45) is 11.7 Å². The molecular weight excluding hydrogens is 332 g/mol. The summed E-state index contributed by atoms with van der Waals surface area (Å²) in [6.07, 6.45) is 4.05. The lowest BCUT2D eigenvalue weighted by Crippen LogP contribution is -2.36. The van der Waals surface area contributed by atoms with Gasteiger partial charge >= 0.3 is 0 Å². The Morgan fingerprint density at radius 2 is 1.90 bits per heavy atom. The highest BCUT2D eigenvalue weighted by Crippen LogP contribution is 2.38. The molecule has 2 rings (SSSR count). The Balaban J connectivity index is 2.23. The molecule has 118 valence electrons. The van der Waals surface area contributed by atoms with E-state index >= 15 is 0 Å². The standard InChI is InChI=1S/C16H25BrN2O2/c1-19(10-11-5-4-6-11)14(9-18)12-7-15(20-2)16(21-3)8-13(12)17/h7-8,11,14H,4-6,9-10,18H2,1-3H3. The van der Waals surface area contributed by atoms with Gasteiger partial charge < -0.3 is 15.2 Å². The van der Waals surface area contributed by atoms with E-state index in [1.165, 1.54) is 19.3 Å². The van der Waals surface area contributed by atoms with Crippen LogP contribution in [0.1, 0.15) is 30.9 Å². The number of hydrogen-bond acceptors (Lipinski definition) is 4. The fourth-order valence-electron chi connectivity index (χ4n) is 2.88. The van der Waals surface area contributed by atoms with Gasteiger partial charge in [-0.15, -0.1) is 0 Å². The zero-order chi connectivity index (χ0) is 15.4. The molecule has 1 saturated carbocycles. The number of rotatable bonds is 7. The fraction of sp³-hybridized carbons (Fsp3) is 0.625. The van der Waals surface area contributed by atoms with Crippen molar-refractivity contribution < 1.29 is 9.47 Å². The Kier molecular flexibility index (Phi) is 5.90. The average Bonchev–Trinajstić information content (AvgIpc) is 2.44. The highest BCUT2D eigenvalue weighted by Gasteiger charge is 2.25. The van der Waals surface area contributed by atoms with E-state index in [9.17, 15) is 0 Å². The minimum Gasteiger partial charge on any atom is -0.493 e. The molecule has 0 bridgehead atoms. The minimum absolute atomic E-state index is 0.180. The van der Waals surface area contributed by atoms with Crippen LogP contribution in [-0.4, -0.2) is 39.3 Å². The predicted molar refractivity (Wildman–Crippen MR) is 89.0 cm³/mol. The molecule has 1 fully saturated rings. The molecule has 0 amide bonds. The molecule has 1 aromatic rings.